The number of hydrogen-bond donors (Lipinski definition) is 1. The molecule has 5 nitrogen and oxygen atoms in total. The van der Waals surface area contributed by atoms with Gasteiger partial charge in [-0.15, -0.1) is 0 Å². The number of halogens is 3. The van der Waals surface area contributed by atoms with Gasteiger partial charge in [-0.1, -0.05) is 35.5 Å². The van der Waals surface area contributed by atoms with Crippen molar-refractivity contribution in [2.45, 2.75) is 19.0 Å². The number of pyridine rings is 1. The fourth-order valence-electron chi connectivity index (χ4n) is 2.46. The van der Waals surface area contributed by atoms with E-state index in [9.17, 15) is 18.0 Å². The molecule has 1 N–H and O–H groups in total. The van der Waals surface area contributed by atoms with E-state index in [2.05, 4.69) is 15.5 Å². The van der Waals surface area contributed by atoms with Crippen molar-refractivity contribution in [3.63, 3.8) is 0 Å². The van der Waals surface area contributed by atoms with Crippen LogP contribution in [-0.4, -0.2) is 16.0 Å². The number of carbonyl (C=O) groups excluding carboxylic acids is 1. The predicted molar refractivity (Wildman–Crippen MR) is 87.5 cm³/mol. The second kappa shape index (κ2) is 7.38. The van der Waals surface area contributed by atoms with E-state index in [-0.39, 0.29) is 5.88 Å². The lowest BCUT2D eigenvalue weighted by molar-refractivity contribution is -0.138. The van der Waals surface area contributed by atoms with E-state index in [1.165, 1.54) is 6.20 Å². The maximum Gasteiger partial charge on any atom is 0.417 e. The molecule has 2 aromatic heterocycles. The van der Waals surface area contributed by atoms with Crippen LogP contribution in [0.3, 0.4) is 0 Å². The van der Waals surface area contributed by atoms with E-state index < -0.39 is 23.2 Å². The molecule has 0 spiro atoms. The molecule has 3 aromatic rings. The Hall–Kier alpha value is -3.16. The fraction of sp³-hybridized carbons (Fsp3) is 0.167. The number of anilines is 1. The Labute approximate surface area is 146 Å². The first-order chi connectivity index (χ1) is 12.4. The van der Waals surface area contributed by atoms with Gasteiger partial charge in [0, 0.05) is 18.0 Å². The van der Waals surface area contributed by atoms with E-state index in [4.69, 9.17) is 4.52 Å². The van der Waals surface area contributed by atoms with Gasteiger partial charge in [0.15, 0.2) is 0 Å². The van der Waals surface area contributed by atoms with Crippen molar-refractivity contribution in [3.8, 4) is 0 Å². The normalized spacial score (nSPS) is 11.3. The van der Waals surface area contributed by atoms with Crippen molar-refractivity contribution in [3.05, 3.63) is 77.2 Å². The molecule has 1 amide bonds. The maximum atomic E-state index is 13.0. The Morgan fingerprint density at radius 3 is 2.58 bits per heavy atom. The van der Waals surface area contributed by atoms with Gasteiger partial charge in [0.2, 0.25) is 5.88 Å². The third-order valence-corrected chi connectivity index (χ3v) is 3.77. The highest BCUT2D eigenvalue weighted by Gasteiger charge is 2.35. The lowest BCUT2D eigenvalue weighted by Gasteiger charge is -2.11. The summed E-state index contributed by atoms with van der Waals surface area (Å²) in [6.45, 7) is 0. The molecule has 0 bridgehead atoms. The second-order valence-electron chi connectivity index (χ2n) is 5.54. The molecule has 26 heavy (non-hydrogen) atoms. The summed E-state index contributed by atoms with van der Waals surface area (Å²) in [6, 6.07) is 10.4. The van der Waals surface area contributed by atoms with Crippen LogP contribution in [-0.2, 0) is 19.0 Å². The molecule has 0 fully saturated rings. The fourth-order valence-corrected chi connectivity index (χ4v) is 2.46. The molecular weight excluding hydrogens is 347 g/mol. The zero-order chi connectivity index (χ0) is 18.6. The molecule has 0 saturated heterocycles. The SMILES string of the molecule is O=C(Nc1oncc1CCc1ccccc1)c1cnccc1C(F)(F)F. The number of benzene rings is 1. The van der Waals surface area contributed by atoms with Crippen molar-refractivity contribution < 1.29 is 22.5 Å². The van der Waals surface area contributed by atoms with Gasteiger partial charge in [0.05, 0.1) is 17.3 Å². The van der Waals surface area contributed by atoms with E-state index in [1.54, 1.807) is 0 Å². The molecule has 0 atom stereocenters. The minimum absolute atomic E-state index is 0.0305. The lowest BCUT2D eigenvalue weighted by Crippen LogP contribution is -2.19. The molecule has 0 aliphatic rings. The summed E-state index contributed by atoms with van der Waals surface area (Å²) in [4.78, 5) is 15.9. The summed E-state index contributed by atoms with van der Waals surface area (Å²) >= 11 is 0. The molecule has 0 radical (unpaired) electrons. The summed E-state index contributed by atoms with van der Waals surface area (Å²) in [7, 11) is 0. The smallest absolute Gasteiger partial charge is 0.338 e. The number of rotatable bonds is 5. The first kappa shape index (κ1) is 17.7. The second-order valence-corrected chi connectivity index (χ2v) is 5.54. The van der Waals surface area contributed by atoms with E-state index in [1.807, 2.05) is 30.3 Å². The van der Waals surface area contributed by atoms with Gasteiger partial charge < -0.3 is 4.52 Å². The lowest BCUT2D eigenvalue weighted by atomic mass is 10.1. The quantitative estimate of drug-likeness (QED) is 0.742. The molecule has 0 unspecified atom stereocenters. The number of aromatic nitrogens is 2. The van der Waals surface area contributed by atoms with Crippen molar-refractivity contribution >= 4 is 11.8 Å². The van der Waals surface area contributed by atoms with Gasteiger partial charge in [0.1, 0.15) is 0 Å². The summed E-state index contributed by atoms with van der Waals surface area (Å²) < 4.78 is 44.1. The van der Waals surface area contributed by atoms with Gasteiger partial charge in [-0.2, -0.15) is 13.2 Å². The zero-order valence-corrected chi connectivity index (χ0v) is 13.5. The van der Waals surface area contributed by atoms with E-state index in [0.29, 0.717) is 18.4 Å². The Kier molecular flexibility index (Phi) is 5.01. The minimum Gasteiger partial charge on any atom is -0.338 e. The molecule has 3 rings (SSSR count). The number of carbonyl (C=O) groups is 1. The van der Waals surface area contributed by atoms with Crippen molar-refractivity contribution in [1.29, 1.82) is 0 Å². The van der Waals surface area contributed by atoms with Crippen LogP contribution in [0.2, 0.25) is 0 Å². The van der Waals surface area contributed by atoms with E-state index in [0.717, 1.165) is 24.0 Å². The molecular formula is C18H14F3N3O2. The number of nitrogens with one attached hydrogen (secondary N) is 1. The maximum absolute atomic E-state index is 13.0. The number of nitrogens with zero attached hydrogens (tertiary/aromatic N) is 2. The number of hydrogen-bond acceptors (Lipinski definition) is 4. The number of aryl methyl sites for hydroxylation is 2. The molecule has 0 aliphatic heterocycles. The van der Waals surface area contributed by atoms with Crippen molar-refractivity contribution in [2.24, 2.45) is 0 Å². The average Bonchev–Trinajstić information content (AvgIpc) is 3.07. The average molecular weight is 361 g/mol. The minimum atomic E-state index is -4.66. The van der Waals surface area contributed by atoms with Gasteiger partial charge in [-0.05, 0) is 24.5 Å². The molecule has 134 valence electrons. The Morgan fingerprint density at radius 2 is 1.85 bits per heavy atom. The Balaban J connectivity index is 1.75. The van der Waals surface area contributed by atoms with Gasteiger partial charge in [-0.3, -0.25) is 15.1 Å². The molecule has 8 heteroatoms. The Morgan fingerprint density at radius 1 is 1.08 bits per heavy atom. The van der Waals surface area contributed by atoms with Crippen LogP contribution in [0.15, 0.2) is 59.5 Å². The van der Waals surface area contributed by atoms with Crippen LogP contribution in [0.5, 0.6) is 0 Å². The van der Waals surface area contributed by atoms with Crippen LogP contribution < -0.4 is 5.32 Å². The van der Waals surface area contributed by atoms with Crippen LogP contribution in [0.1, 0.15) is 27.0 Å². The molecule has 2 heterocycles. The van der Waals surface area contributed by atoms with Crippen LogP contribution in [0, 0.1) is 0 Å². The molecule has 0 aliphatic carbocycles. The van der Waals surface area contributed by atoms with Crippen LogP contribution in [0.4, 0.5) is 19.1 Å². The standard InChI is InChI=1S/C18H14F3N3O2/c19-18(20,21)15-8-9-22-11-14(15)16(25)24-17-13(10-23-26-17)7-6-12-4-2-1-3-5-12/h1-5,8-11H,6-7H2,(H,24,25). The summed E-state index contributed by atoms with van der Waals surface area (Å²) in [5, 5.41) is 5.97. The monoisotopic (exact) mass is 361 g/mol. The number of alkyl halides is 3. The molecule has 1 aromatic carbocycles. The highest BCUT2D eigenvalue weighted by Crippen LogP contribution is 2.32. The third kappa shape index (κ3) is 4.08. The summed E-state index contributed by atoms with van der Waals surface area (Å²) in [5.74, 6) is -0.925. The highest BCUT2D eigenvalue weighted by atomic mass is 19.4. The van der Waals surface area contributed by atoms with E-state index >= 15 is 0 Å². The van der Waals surface area contributed by atoms with Gasteiger partial charge in [0.25, 0.3) is 5.91 Å². The van der Waals surface area contributed by atoms with Crippen LogP contribution >= 0.6 is 0 Å². The highest BCUT2D eigenvalue weighted by molar-refractivity contribution is 6.04. The molecule has 0 saturated carbocycles. The summed E-state index contributed by atoms with van der Waals surface area (Å²) in [6.07, 6.45) is -0.176. The predicted octanol–water partition coefficient (Wildman–Crippen LogP) is 4.13. The third-order valence-electron chi connectivity index (χ3n) is 3.77. The largest absolute Gasteiger partial charge is 0.417 e. The van der Waals surface area contributed by atoms with Crippen molar-refractivity contribution in [2.75, 3.05) is 5.32 Å². The topological polar surface area (TPSA) is 68.0 Å². The first-order valence-corrected chi connectivity index (χ1v) is 7.75. The summed E-state index contributed by atoms with van der Waals surface area (Å²) in [5.41, 5.74) is 0.0398. The Bertz CT molecular complexity index is 892. The first-order valence-electron chi connectivity index (χ1n) is 7.75. The van der Waals surface area contributed by atoms with Crippen LogP contribution in [0.25, 0.3) is 0 Å². The van der Waals surface area contributed by atoms with Crippen molar-refractivity contribution in [1.82, 2.24) is 10.1 Å². The zero-order valence-electron chi connectivity index (χ0n) is 13.5. The van der Waals surface area contributed by atoms with Gasteiger partial charge in [-0.25, -0.2) is 0 Å². The van der Waals surface area contributed by atoms with Gasteiger partial charge >= 0.3 is 6.18 Å². The number of amides is 1.